The summed E-state index contributed by atoms with van der Waals surface area (Å²) in [6.07, 6.45) is 2.42. The summed E-state index contributed by atoms with van der Waals surface area (Å²) in [6.45, 7) is 0.271. The van der Waals surface area contributed by atoms with E-state index in [0.717, 1.165) is 18.4 Å². The minimum absolute atomic E-state index is 0.111. The van der Waals surface area contributed by atoms with Crippen LogP contribution < -0.4 is 0 Å². The molecule has 4 nitrogen and oxygen atoms in total. The molecule has 1 aromatic rings. The summed E-state index contributed by atoms with van der Waals surface area (Å²) < 4.78 is 0. The molecule has 0 aromatic heterocycles. The highest BCUT2D eigenvalue weighted by atomic mass is 16.2. The Hall–Kier alpha value is -2.15. The molecule has 2 rings (SSSR count). The third-order valence-electron chi connectivity index (χ3n) is 3.03. The predicted octanol–water partition coefficient (Wildman–Crippen LogP) is 1.99. The number of hydrogen-bond acceptors (Lipinski definition) is 3. The van der Waals surface area contributed by atoms with Crippen LogP contribution in [0.15, 0.2) is 24.3 Å². The van der Waals surface area contributed by atoms with Gasteiger partial charge in [0.15, 0.2) is 0 Å². The van der Waals surface area contributed by atoms with Crippen molar-refractivity contribution in [1.29, 1.82) is 5.26 Å². The monoisotopic (exact) mass is 242 g/mol. The van der Waals surface area contributed by atoms with Crippen LogP contribution in [-0.4, -0.2) is 16.7 Å². The number of likely N-dealkylation sites (tertiary alicyclic amines) is 1. The Bertz CT molecular complexity index is 499. The van der Waals surface area contributed by atoms with Gasteiger partial charge in [0.05, 0.1) is 18.2 Å². The first kappa shape index (κ1) is 12.3. The number of imide groups is 1. The lowest BCUT2D eigenvalue weighted by atomic mass is 10.1. The number of carbonyl (C=O) groups is 2. The molecule has 92 valence electrons. The van der Waals surface area contributed by atoms with Gasteiger partial charge in [-0.3, -0.25) is 14.5 Å². The Morgan fingerprint density at radius 1 is 1.17 bits per heavy atom. The fraction of sp³-hybridized carbons (Fsp3) is 0.357. The molecule has 1 aliphatic rings. The van der Waals surface area contributed by atoms with Crippen LogP contribution in [0.2, 0.25) is 0 Å². The summed E-state index contributed by atoms with van der Waals surface area (Å²) in [5, 5.41) is 8.82. The van der Waals surface area contributed by atoms with Crippen LogP contribution in [0, 0.1) is 11.3 Å². The highest BCUT2D eigenvalue weighted by molar-refractivity contribution is 5.95. The zero-order valence-electron chi connectivity index (χ0n) is 10.1. The van der Waals surface area contributed by atoms with Crippen LogP contribution in [0.1, 0.15) is 36.8 Å². The standard InChI is InChI=1S/C14H14N2O2/c15-9-11-4-3-5-12(8-11)10-16-13(17)6-1-2-7-14(16)18/h3-5,8H,1-2,6-7,10H2. The maximum atomic E-state index is 11.8. The number of amides is 2. The zero-order chi connectivity index (χ0) is 13.0. The van der Waals surface area contributed by atoms with Gasteiger partial charge in [-0.25, -0.2) is 0 Å². The third-order valence-corrected chi connectivity index (χ3v) is 3.03. The summed E-state index contributed by atoms with van der Waals surface area (Å²) in [6, 6.07) is 9.06. The van der Waals surface area contributed by atoms with E-state index in [9.17, 15) is 9.59 Å². The molecule has 0 spiro atoms. The number of nitriles is 1. The molecular formula is C14H14N2O2. The van der Waals surface area contributed by atoms with Crippen LogP contribution in [0.5, 0.6) is 0 Å². The van der Waals surface area contributed by atoms with Gasteiger partial charge in [0, 0.05) is 12.8 Å². The lowest BCUT2D eigenvalue weighted by molar-refractivity contribution is -0.144. The van der Waals surface area contributed by atoms with Gasteiger partial charge in [-0.15, -0.1) is 0 Å². The van der Waals surface area contributed by atoms with Crippen molar-refractivity contribution in [2.24, 2.45) is 0 Å². The molecular weight excluding hydrogens is 228 g/mol. The normalized spacial score (nSPS) is 16.3. The quantitative estimate of drug-likeness (QED) is 0.745. The van der Waals surface area contributed by atoms with Gasteiger partial charge in [0.25, 0.3) is 0 Å². The summed E-state index contributed by atoms with van der Waals surface area (Å²) in [5.74, 6) is -0.222. The molecule has 0 N–H and O–H groups in total. The largest absolute Gasteiger partial charge is 0.278 e. The molecule has 1 fully saturated rings. The number of benzene rings is 1. The van der Waals surface area contributed by atoms with Gasteiger partial charge in [0.1, 0.15) is 0 Å². The lowest BCUT2D eigenvalue weighted by Crippen LogP contribution is -2.34. The molecule has 0 atom stereocenters. The van der Waals surface area contributed by atoms with Crippen LogP contribution in [0.25, 0.3) is 0 Å². The second-order valence-corrected chi connectivity index (χ2v) is 4.39. The average Bonchev–Trinajstić information content (AvgIpc) is 2.54. The first-order chi connectivity index (χ1) is 8.70. The Morgan fingerprint density at radius 3 is 2.44 bits per heavy atom. The van der Waals surface area contributed by atoms with Crippen molar-refractivity contribution in [3.05, 3.63) is 35.4 Å². The summed E-state index contributed by atoms with van der Waals surface area (Å²) in [5.41, 5.74) is 1.36. The molecule has 0 bridgehead atoms. The fourth-order valence-electron chi connectivity index (χ4n) is 2.06. The van der Waals surface area contributed by atoms with Crippen LogP contribution >= 0.6 is 0 Å². The van der Waals surface area contributed by atoms with E-state index in [-0.39, 0.29) is 18.4 Å². The molecule has 2 amide bonds. The van der Waals surface area contributed by atoms with Gasteiger partial charge in [-0.05, 0) is 30.5 Å². The minimum atomic E-state index is -0.111. The molecule has 18 heavy (non-hydrogen) atoms. The predicted molar refractivity (Wildman–Crippen MR) is 65.2 cm³/mol. The second kappa shape index (κ2) is 5.46. The molecule has 1 saturated heterocycles. The maximum Gasteiger partial charge on any atom is 0.229 e. The van der Waals surface area contributed by atoms with Crippen molar-refractivity contribution < 1.29 is 9.59 Å². The average molecular weight is 242 g/mol. The summed E-state index contributed by atoms with van der Waals surface area (Å²) in [7, 11) is 0. The van der Waals surface area contributed by atoms with Crippen LogP contribution in [0.3, 0.4) is 0 Å². The van der Waals surface area contributed by atoms with E-state index in [1.165, 1.54) is 4.90 Å². The molecule has 0 aliphatic carbocycles. The highest BCUT2D eigenvalue weighted by Gasteiger charge is 2.23. The summed E-state index contributed by atoms with van der Waals surface area (Å²) >= 11 is 0. The number of carbonyl (C=O) groups excluding carboxylic acids is 2. The van der Waals surface area contributed by atoms with E-state index in [1.54, 1.807) is 18.2 Å². The first-order valence-electron chi connectivity index (χ1n) is 6.03. The van der Waals surface area contributed by atoms with Gasteiger partial charge in [0.2, 0.25) is 11.8 Å². The Balaban J connectivity index is 2.18. The van der Waals surface area contributed by atoms with E-state index < -0.39 is 0 Å². The molecule has 0 saturated carbocycles. The third kappa shape index (κ3) is 2.75. The van der Waals surface area contributed by atoms with Gasteiger partial charge >= 0.3 is 0 Å². The topological polar surface area (TPSA) is 61.2 Å². The molecule has 0 unspecified atom stereocenters. The van der Waals surface area contributed by atoms with Crippen molar-refractivity contribution >= 4 is 11.8 Å². The fourth-order valence-corrected chi connectivity index (χ4v) is 2.06. The van der Waals surface area contributed by atoms with Crippen molar-refractivity contribution in [3.8, 4) is 6.07 Å². The van der Waals surface area contributed by atoms with Crippen molar-refractivity contribution in [2.75, 3.05) is 0 Å². The Labute approximate surface area is 106 Å². The van der Waals surface area contributed by atoms with Crippen LogP contribution in [-0.2, 0) is 16.1 Å². The van der Waals surface area contributed by atoms with Crippen molar-refractivity contribution in [3.63, 3.8) is 0 Å². The van der Waals surface area contributed by atoms with Gasteiger partial charge in [-0.1, -0.05) is 12.1 Å². The molecule has 1 aromatic carbocycles. The minimum Gasteiger partial charge on any atom is -0.278 e. The first-order valence-corrected chi connectivity index (χ1v) is 6.03. The van der Waals surface area contributed by atoms with E-state index in [2.05, 4.69) is 6.07 Å². The number of rotatable bonds is 2. The Morgan fingerprint density at radius 2 is 1.83 bits per heavy atom. The van der Waals surface area contributed by atoms with Crippen molar-refractivity contribution in [2.45, 2.75) is 32.2 Å². The maximum absolute atomic E-state index is 11.8. The molecule has 4 heteroatoms. The number of hydrogen-bond donors (Lipinski definition) is 0. The van der Waals surface area contributed by atoms with Gasteiger partial charge < -0.3 is 0 Å². The van der Waals surface area contributed by atoms with E-state index in [1.807, 2.05) is 6.07 Å². The summed E-state index contributed by atoms with van der Waals surface area (Å²) in [4.78, 5) is 25.0. The van der Waals surface area contributed by atoms with Crippen LogP contribution in [0.4, 0.5) is 0 Å². The zero-order valence-corrected chi connectivity index (χ0v) is 10.1. The molecule has 0 radical (unpaired) electrons. The molecule has 1 aliphatic heterocycles. The number of nitrogens with zero attached hydrogens (tertiary/aromatic N) is 2. The SMILES string of the molecule is N#Cc1cccc(CN2C(=O)CCCCC2=O)c1. The molecule has 1 heterocycles. The Kier molecular flexibility index (Phi) is 3.73. The lowest BCUT2D eigenvalue weighted by Gasteiger charge is -2.18. The van der Waals surface area contributed by atoms with E-state index >= 15 is 0 Å². The second-order valence-electron chi connectivity index (χ2n) is 4.39. The highest BCUT2D eigenvalue weighted by Crippen LogP contribution is 2.16. The van der Waals surface area contributed by atoms with Crippen molar-refractivity contribution in [1.82, 2.24) is 4.90 Å². The van der Waals surface area contributed by atoms with E-state index in [4.69, 9.17) is 5.26 Å². The smallest absolute Gasteiger partial charge is 0.229 e. The van der Waals surface area contributed by atoms with E-state index in [0.29, 0.717) is 18.4 Å². The van der Waals surface area contributed by atoms with Gasteiger partial charge in [-0.2, -0.15) is 5.26 Å².